The SMILES string of the molecule is COC(=O)COc1cc(CC2=C(c3ccc4c(c3)OCO4)C(=O)OC2(O)c2ccc(OC)cc2)cc(OC)c1OC. The van der Waals surface area contributed by atoms with E-state index in [0.717, 1.165) is 0 Å². The molecule has 2 heterocycles. The van der Waals surface area contributed by atoms with Gasteiger partial charge in [0.2, 0.25) is 12.5 Å². The predicted octanol–water partition coefficient (Wildman–Crippen LogP) is 3.39. The molecule has 11 heteroatoms. The topological polar surface area (TPSA) is 128 Å². The molecule has 41 heavy (non-hydrogen) atoms. The Hall–Kier alpha value is -4.90. The van der Waals surface area contributed by atoms with E-state index in [1.807, 2.05) is 0 Å². The van der Waals surface area contributed by atoms with Gasteiger partial charge < -0.3 is 43.0 Å². The molecular weight excluding hydrogens is 536 g/mol. The van der Waals surface area contributed by atoms with E-state index in [-0.39, 0.29) is 42.5 Å². The monoisotopic (exact) mass is 564 g/mol. The van der Waals surface area contributed by atoms with E-state index in [0.29, 0.717) is 39.7 Å². The molecule has 0 fully saturated rings. The van der Waals surface area contributed by atoms with Gasteiger partial charge in [-0.1, -0.05) is 6.07 Å². The molecule has 3 aromatic carbocycles. The van der Waals surface area contributed by atoms with Crippen molar-refractivity contribution in [2.24, 2.45) is 0 Å². The number of benzene rings is 3. The first-order valence-corrected chi connectivity index (χ1v) is 12.5. The van der Waals surface area contributed by atoms with Crippen LogP contribution >= 0.6 is 0 Å². The summed E-state index contributed by atoms with van der Waals surface area (Å²) >= 11 is 0. The maximum absolute atomic E-state index is 13.4. The summed E-state index contributed by atoms with van der Waals surface area (Å²) < 4.78 is 43.2. The van der Waals surface area contributed by atoms with E-state index in [4.69, 9.17) is 33.2 Å². The summed E-state index contributed by atoms with van der Waals surface area (Å²) in [7, 11) is 5.67. The Morgan fingerprint density at radius 2 is 1.63 bits per heavy atom. The van der Waals surface area contributed by atoms with Gasteiger partial charge in [-0.05, 0) is 59.7 Å². The lowest BCUT2D eigenvalue weighted by atomic mass is 9.88. The average molecular weight is 565 g/mol. The third kappa shape index (κ3) is 5.19. The number of methoxy groups -OCH3 is 4. The van der Waals surface area contributed by atoms with Gasteiger partial charge in [-0.2, -0.15) is 0 Å². The van der Waals surface area contributed by atoms with Gasteiger partial charge in [0.1, 0.15) is 5.75 Å². The van der Waals surface area contributed by atoms with Crippen LogP contribution in [0.15, 0.2) is 60.2 Å². The van der Waals surface area contributed by atoms with E-state index in [1.54, 1.807) is 54.6 Å². The Kier molecular flexibility index (Phi) is 7.62. The Balaban J connectivity index is 1.65. The first-order valence-electron chi connectivity index (χ1n) is 12.5. The molecule has 0 saturated heterocycles. The summed E-state index contributed by atoms with van der Waals surface area (Å²) in [5.74, 6) is -1.08. The first kappa shape index (κ1) is 27.7. The Labute approximate surface area is 235 Å². The molecule has 3 aromatic rings. The molecule has 11 nitrogen and oxygen atoms in total. The minimum absolute atomic E-state index is 0.0208. The summed E-state index contributed by atoms with van der Waals surface area (Å²) in [6, 6.07) is 14.9. The smallest absolute Gasteiger partial charge is 0.343 e. The molecule has 2 aliphatic heterocycles. The van der Waals surface area contributed by atoms with Gasteiger partial charge in [-0.15, -0.1) is 0 Å². The van der Waals surface area contributed by atoms with Crippen molar-refractivity contribution in [3.63, 3.8) is 0 Å². The molecule has 1 atom stereocenters. The second kappa shape index (κ2) is 11.3. The summed E-state index contributed by atoms with van der Waals surface area (Å²) in [6.07, 6.45) is 0.0208. The normalized spacial score (nSPS) is 17.2. The van der Waals surface area contributed by atoms with Crippen LogP contribution in [-0.4, -0.2) is 58.9 Å². The number of aliphatic hydroxyl groups is 1. The van der Waals surface area contributed by atoms with Crippen LogP contribution in [0.5, 0.6) is 34.5 Å². The standard InChI is InChI=1S/C30H28O11/c1-34-20-8-6-19(7-9-20)30(33)21(27(29(32)41-30)18-5-10-22-23(14-18)40-16-39-22)11-17-12-24(35-2)28(37-4)25(13-17)38-15-26(31)36-3/h5-10,12-14,33H,11,15-16H2,1-4H3. The van der Waals surface area contributed by atoms with Crippen molar-refractivity contribution in [3.05, 3.63) is 76.9 Å². The quantitative estimate of drug-likeness (QED) is 0.364. The van der Waals surface area contributed by atoms with Gasteiger partial charge in [-0.25, -0.2) is 9.59 Å². The molecule has 0 bridgehead atoms. The number of hydrogen-bond acceptors (Lipinski definition) is 11. The van der Waals surface area contributed by atoms with Crippen LogP contribution in [0, 0.1) is 0 Å². The van der Waals surface area contributed by atoms with Crippen LogP contribution in [0.1, 0.15) is 16.7 Å². The largest absolute Gasteiger partial charge is 0.497 e. The lowest BCUT2D eigenvalue weighted by molar-refractivity contribution is -0.185. The van der Waals surface area contributed by atoms with E-state index < -0.39 is 17.7 Å². The molecule has 0 saturated carbocycles. The molecule has 5 rings (SSSR count). The third-order valence-corrected chi connectivity index (χ3v) is 6.76. The molecule has 0 aliphatic carbocycles. The summed E-state index contributed by atoms with van der Waals surface area (Å²) in [6.45, 7) is -0.313. The molecule has 1 N–H and O–H groups in total. The minimum Gasteiger partial charge on any atom is -0.497 e. The molecule has 1 unspecified atom stereocenters. The second-order valence-corrected chi connectivity index (χ2v) is 9.05. The highest BCUT2D eigenvalue weighted by Crippen LogP contribution is 2.48. The number of fused-ring (bicyclic) bond motifs is 1. The first-order chi connectivity index (χ1) is 19.8. The zero-order valence-corrected chi connectivity index (χ0v) is 22.8. The van der Waals surface area contributed by atoms with Crippen LogP contribution in [0.4, 0.5) is 0 Å². The predicted molar refractivity (Wildman–Crippen MR) is 143 cm³/mol. The van der Waals surface area contributed by atoms with Gasteiger partial charge in [0.05, 0.1) is 34.0 Å². The number of hydrogen-bond donors (Lipinski definition) is 1. The summed E-state index contributed by atoms with van der Waals surface area (Å²) in [5.41, 5.74) is 1.79. The Bertz CT molecular complexity index is 1510. The van der Waals surface area contributed by atoms with Gasteiger partial charge in [0, 0.05) is 17.6 Å². The molecular formula is C30H28O11. The van der Waals surface area contributed by atoms with Crippen LogP contribution in [0.25, 0.3) is 5.57 Å². The fraction of sp³-hybridized carbons (Fsp3) is 0.267. The zero-order valence-electron chi connectivity index (χ0n) is 22.8. The van der Waals surface area contributed by atoms with Crippen molar-refractivity contribution < 1.29 is 52.6 Å². The van der Waals surface area contributed by atoms with E-state index >= 15 is 0 Å². The number of ether oxygens (including phenoxy) is 8. The van der Waals surface area contributed by atoms with E-state index in [1.165, 1.54) is 28.4 Å². The summed E-state index contributed by atoms with van der Waals surface area (Å²) in [5, 5.41) is 12.0. The minimum atomic E-state index is -2.12. The zero-order chi connectivity index (χ0) is 29.1. The van der Waals surface area contributed by atoms with Crippen molar-refractivity contribution in [2.75, 3.05) is 41.8 Å². The fourth-order valence-corrected chi connectivity index (χ4v) is 4.73. The van der Waals surface area contributed by atoms with Crippen molar-refractivity contribution in [2.45, 2.75) is 12.2 Å². The van der Waals surface area contributed by atoms with Crippen molar-refractivity contribution >= 4 is 17.5 Å². The van der Waals surface area contributed by atoms with Crippen LogP contribution < -0.4 is 28.4 Å². The lowest BCUT2D eigenvalue weighted by Gasteiger charge is -2.26. The van der Waals surface area contributed by atoms with Crippen molar-refractivity contribution in [3.8, 4) is 34.5 Å². The van der Waals surface area contributed by atoms with Crippen LogP contribution in [0.2, 0.25) is 0 Å². The maximum atomic E-state index is 13.4. The number of carbonyl (C=O) groups excluding carboxylic acids is 2. The molecule has 214 valence electrons. The van der Waals surface area contributed by atoms with Gasteiger partial charge in [0.15, 0.2) is 29.6 Å². The third-order valence-electron chi connectivity index (χ3n) is 6.76. The fourth-order valence-electron chi connectivity index (χ4n) is 4.73. The molecule has 0 radical (unpaired) electrons. The molecule has 0 aromatic heterocycles. The number of esters is 2. The highest BCUT2D eigenvalue weighted by Gasteiger charge is 2.48. The van der Waals surface area contributed by atoms with Crippen LogP contribution in [0.3, 0.4) is 0 Å². The van der Waals surface area contributed by atoms with Crippen molar-refractivity contribution in [1.82, 2.24) is 0 Å². The number of carbonyl (C=O) groups is 2. The lowest BCUT2D eigenvalue weighted by Crippen LogP contribution is -2.29. The van der Waals surface area contributed by atoms with Gasteiger partial charge in [-0.3, -0.25) is 0 Å². The van der Waals surface area contributed by atoms with Crippen LogP contribution in [-0.2, 0) is 31.3 Å². The molecule has 0 amide bonds. The van der Waals surface area contributed by atoms with E-state index in [9.17, 15) is 14.7 Å². The highest BCUT2D eigenvalue weighted by atomic mass is 16.7. The number of cyclic esters (lactones) is 1. The Morgan fingerprint density at radius 3 is 2.32 bits per heavy atom. The van der Waals surface area contributed by atoms with Crippen molar-refractivity contribution in [1.29, 1.82) is 0 Å². The van der Waals surface area contributed by atoms with Gasteiger partial charge in [0.25, 0.3) is 5.79 Å². The summed E-state index contributed by atoms with van der Waals surface area (Å²) in [4.78, 5) is 25.2. The Morgan fingerprint density at radius 1 is 0.902 bits per heavy atom. The highest BCUT2D eigenvalue weighted by molar-refractivity contribution is 6.20. The molecule has 0 spiro atoms. The maximum Gasteiger partial charge on any atom is 0.343 e. The molecule has 2 aliphatic rings. The average Bonchev–Trinajstić information content (AvgIpc) is 3.56. The van der Waals surface area contributed by atoms with Gasteiger partial charge >= 0.3 is 11.9 Å². The number of rotatable bonds is 10. The second-order valence-electron chi connectivity index (χ2n) is 9.05. The van der Waals surface area contributed by atoms with E-state index in [2.05, 4.69) is 4.74 Å².